The molecule has 2 aromatic rings. The van der Waals surface area contributed by atoms with E-state index in [1.807, 2.05) is 16.8 Å². The van der Waals surface area contributed by atoms with E-state index in [9.17, 15) is 19.7 Å². The van der Waals surface area contributed by atoms with Crippen molar-refractivity contribution < 1.29 is 19.2 Å². The fourth-order valence-corrected chi connectivity index (χ4v) is 2.47. The maximum absolute atomic E-state index is 11.6. The number of ether oxygens (including phenoxy) is 1. The number of benzene rings is 1. The Morgan fingerprint density at radius 1 is 1.22 bits per heavy atom. The summed E-state index contributed by atoms with van der Waals surface area (Å²) in [4.78, 5) is 33.2. The summed E-state index contributed by atoms with van der Waals surface area (Å²) >= 11 is 1.56. The van der Waals surface area contributed by atoms with Crippen molar-refractivity contribution in [3.05, 3.63) is 56.8 Å². The van der Waals surface area contributed by atoms with Gasteiger partial charge in [0, 0.05) is 24.2 Å². The number of nitro groups is 1. The second kappa shape index (κ2) is 8.04. The highest BCUT2D eigenvalue weighted by atomic mass is 32.1. The Morgan fingerprint density at radius 3 is 2.57 bits per heavy atom. The fourth-order valence-electron chi connectivity index (χ4n) is 1.76. The van der Waals surface area contributed by atoms with Crippen LogP contribution in [-0.4, -0.2) is 23.4 Å². The molecule has 0 spiro atoms. The van der Waals surface area contributed by atoms with Crippen molar-refractivity contribution in [1.29, 1.82) is 0 Å². The van der Waals surface area contributed by atoms with Crippen LogP contribution in [0.5, 0.6) is 0 Å². The van der Waals surface area contributed by atoms with Gasteiger partial charge in [-0.15, -0.1) is 0 Å². The number of non-ortho nitro benzene ring substituents is 1. The molecule has 0 atom stereocenters. The fraction of sp³-hybridized carbons (Fsp3) is 0.200. The van der Waals surface area contributed by atoms with Gasteiger partial charge in [0.15, 0.2) is 6.61 Å². The van der Waals surface area contributed by atoms with Gasteiger partial charge in [-0.3, -0.25) is 19.7 Å². The first kappa shape index (κ1) is 16.6. The molecule has 2 rings (SSSR count). The molecule has 0 saturated carbocycles. The number of aryl methyl sites for hydroxylation is 1. The van der Waals surface area contributed by atoms with Crippen LogP contribution in [0.3, 0.4) is 0 Å². The van der Waals surface area contributed by atoms with Crippen LogP contribution in [0.15, 0.2) is 41.1 Å². The van der Waals surface area contributed by atoms with Crippen LogP contribution in [0.25, 0.3) is 0 Å². The second-order valence-electron chi connectivity index (χ2n) is 4.64. The SMILES string of the molecule is O=C(COC(=O)CCc1ccsc1)Nc1ccc([N+](=O)[O-])cc1. The number of thiophene rings is 1. The number of carbonyl (C=O) groups is 2. The molecule has 0 unspecified atom stereocenters. The van der Waals surface area contributed by atoms with Crippen molar-refractivity contribution in [2.24, 2.45) is 0 Å². The summed E-state index contributed by atoms with van der Waals surface area (Å²) in [5.74, 6) is -0.946. The summed E-state index contributed by atoms with van der Waals surface area (Å²) in [5, 5.41) is 16.9. The van der Waals surface area contributed by atoms with E-state index in [2.05, 4.69) is 5.32 Å². The highest BCUT2D eigenvalue weighted by Gasteiger charge is 2.09. The van der Waals surface area contributed by atoms with Crippen molar-refractivity contribution in [3.8, 4) is 0 Å². The van der Waals surface area contributed by atoms with Crippen molar-refractivity contribution in [3.63, 3.8) is 0 Å². The van der Waals surface area contributed by atoms with Gasteiger partial charge in [-0.05, 0) is 40.9 Å². The monoisotopic (exact) mass is 334 g/mol. The summed E-state index contributed by atoms with van der Waals surface area (Å²) in [7, 11) is 0. The zero-order valence-electron chi connectivity index (χ0n) is 12.1. The summed E-state index contributed by atoms with van der Waals surface area (Å²) < 4.78 is 4.88. The summed E-state index contributed by atoms with van der Waals surface area (Å²) in [5.41, 5.74) is 1.39. The van der Waals surface area contributed by atoms with Gasteiger partial charge in [0.2, 0.25) is 0 Å². The van der Waals surface area contributed by atoms with E-state index in [1.54, 1.807) is 11.3 Å². The van der Waals surface area contributed by atoms with Crippen LogP contribution in [0.4, 0.5) is 11.4 Å². The molecule has 1 N–H and O–H groups in total. The Hall–Kier alpha value is -2.74. The lowest BCUT2D eigenvalue weighted by atomic mass is 10.2. The van der Waals surface area contributed by atoms with Crippen molar-refractivity contribution in [2.75, 3.05) is 11.9 Å². The normalized spacial score (nSPS) is 10.1. The Balaban J connectivity index is 1.71. The number of hydrogen-bond acceptors (Lipinski definition) is 6. The molecule has 1 aromatic heterocycles. The van der Waals surface area contributed by atoms with E-state index in [4.69, 9.17) is 4.74 Å². The molecule has 120 valence electrons. The average molecular weight is 334 g/mol. The number of nitrogens with one attached hydrogen (secondary N) is 1. The Kier molecular flexibility index (Phi) is 5.81. The van der Waals surface area contributed by atoms with Gasteiger partial charge in [-0.25, -0.2) is 0 Å². The smallest absolute Gasteiger partial charge is 0.306 e. The first-order valence-electron chi connectivity index (χ1n) is 6.75. The molecule has 0 aliphatic rings. The van der Waals surface area contributed by atoms with Crippen LogP contribution in [0, 0.1) is 10.1 Å². The van der Waals surface area contributed by atoms with E-state index >= 15 is 0 Å². The number of carbonyl (C=O) groups excluding carboxylic acids is 2. The van der Waals surface area contributed by atoms with Crippen LogP contribution in [0.1, 0.15) is 12.0 Å². The van der Waals surface area contributed by atoms with Gasteiger partial charge in [0.1, 0.15) is 0 Å². The third-order valence-corrected chi connectivity index (χ3v) is 3.66. The lowest BCUT2D eigenvalue weighted by Crippen LogP contribution is -2.21. The molecule has 0 saturated heterocycles. The van der Waals surface area contributed by atoms with Crippen LogP contribution < -0.4 is 5.32 Å². The molecule has 0 aliphatic carbocycles. The second-order valence-corrected chi connectivity index (χ2v) is 5.42. The largest absolute Gasteiger partial charge is 0.456 e. The van der Waals surface area contributed by atoms with E-state index in [0.717, 1.165) is 5.56 Å². The molecule has 0 bridgehead atoms. The molecular formula is C15H14N2O5S. The third kappa shape index (κ3) is 5.51. The molecule has 8 heteroatoms. The molecule has 1 heterocycles. The topological polar surface area (TPSA) is 98.5 Å². The first-order valence-corrected chi connectivity index (χ1v) is 7.70. The van der Waals surface area contributed by atoms with E-state index in [-0.39, 0.29) is 18.7 Å². The van der Waals surface area contributed by atoms with Crippen LogP contribution in [0.2, 0.25) is 0 Å². The van der Waals surface area contributed by atoms with E-state index in [0.29, 0.717) is 12.1 Å². The summed E-state index contributed by atoms with van der Waals surface area (Å²) in [6.07, 6.45) is 0.786. The Morgan fingerprint density at radius 2 is 1.96 bits per heavy atom. The summed E-state index contributed by atoms with van der Waals surface area (Å²) in [6.45, 7) is -0.389. The van der Waals surface area contributed by atoms with Gasteiger partial charge >= 0.3 is 5.97 Å². The van der Waals surface area contributed by atoms with Crippen molar-refractivity contribution in [1.82, 2.24) is 0 Å². The molecule has 0 radical (unpaired) electrons. The van der Waals surface area contributed by atoms with Crippen LogP contribution >= 0.6 is 11.3 Å². The van der Waals surface area contributed by atoms with Gasteiger partial charge < -0.3 is 10.1 Å². The molecule has 23 heavy (non-hydrogen) atoms. The minimum atomic E-state index is -0.527. The van der Waals surface area contributed by atoms with Gasteiger partial charge in [-0.2, -0.15) is 11.3 Å². The molecule has 7 nitrogen and oxygen atoms in total. The standard InChI is InChI=1S/C15H14N2O5S/c18-14(16-12-2-4-13(5-3-12)17(20)21)9-22-15(19)6-1-11-7-8-23-10-11/h2-5,7-8,10H,1,6,9H2,(H,16,18). The lowest BCUT2D eigenvalue weighted by Gasteiger charge is -2.06. The zero-order valence-corrected chi connectivity index (χ0v) is 12.9. The molecule has 1 aromatic carbocycles. The van der Waals surface area contributed by atoms with Gasteiger partial charge in [0.05, 0.1) is 4.92 Å². The molecule has 0 aliphatic heterocycles. The average Bonchev–Trinajstić information content (AvgIpc) is 3.05. The maximum atomic E-state index is 11.6. The van der Waals surface area contributed by atoms with E-state index < -0.39 is 16.8 Å². The van der Waals surface area contributed by atoms with Gasteiger partial charge in [-0.1, -0.05) is 0 Å². The Bertz CT molecular complexity index is 682. The number of nitrogens with zero attached hydrogens (tertiary/aromatic N) is 1. The Labute approximate surface area is 136 Å². The minimum Gasteiger partial charge on any atom is -0.456 e. The lowest BCUT2D eigenvalue weighted by molar-refractivity contribution is -0.384. The first-order chi connectivity index (χ1) is 11.0. The van der Waals surface area contributed by atoms with Crippen molar-refractivity contribution >= 4 is 34.6 Å². The van der Waals surface area contributed by atoms with E-state index in [1.165, 1.54) is 24.3 Å². The predicted molar refractivity (Wildman–Crippen MR) is 85.3 cm³/mol. The quantitative estimate of drug-likeness (QED) is 0.477. The highest BCUT2D eigenvalue weighted by Crippen LogP contribution is 2.15. The number of amides is 1. The highest BCUT2D eigenvalue weighted by molar-refractivity contribution is 7.07. The number of rotatable bonds is 7. The minimum absolute atomic E-state index is 0.0668. The molecule has 0 fully saturated rings. The van der Waals surface area contributed by atoms with Crippen LogP contribution in [-0.2, 0) is 20.7 Å². The van der Waals surface area contributed by atoms with Crippen molar-refractivity contribution in [2.45, 2.75) is 12.8 Å². The number of nitro benzene ring substituents is 1. The zero-order chi connectivity index (χ0) is 16.7. The number of esters is 1. The third-order valence-electron chi connectivity index (χ3n) is 2.92. The number of hydrogen-bond donors (Lipinski definition) is 1. The summed E-state index contributed by atoms with van der Waals surface area (Å²) in [6, 6.07) is 7.31. The number of anilines is 1. The maximum Gasteiger partial charge on any atom is 0.306 e. The van der Waals surface area contributed by atoms with Gasteiger partial charge in [0.25, 0.3) is 11.6 Å². The molecular weight excluding hydrogens is 320 g/mol. The predicted octanol–water partition coefficient (Wildman–Crippen LogP) is 2.77. The molecule has 1 amide bonds.